The van der Waals surface area contributed by atoms with E-state index in [4.69, 9.17) is 11.6 Å². The number of aromatic nitrogens is 6. The Balaban J connectivity index is 1.65. The van der Waals surface area contributed by atoms with Crippen LogP contribution in [-0.4, -0.2) is 35.7 Å². The molecule has 0 saturated heterocycles. The van der Waals surface area contributed by atoms with Crippen molar-refractivity contribution >= 4 is 28.5 Å². The number of carbonyl (C=O) groups excluding carboxylic acids is 1. The van der Waals surface area contributed by atoms with Gasteiger partial charge in [-0.3, -0.25) is 4.79 Å². The molecule has 0 radical (unpaired) electrons. The normalized spacial score (nSPS) is 12.3. The average Bonchev–Trinajstić information content (AvgIpc) is 3.30. The first-order valence-electron chi connectivity index (χ1n) is 8.29. The molecular weight excluding hydrogens is 366 g/mol. The van der Waals surface area contributed by atoms with Crippen LogP contribution in [0.2, 0.25) is 5.02 Å². The Morgan fingerprint density at radius 1 is 1.22 bits per heavy atom. The van der Waals surface area contributed by atoms with Gasteiger partial charge in [-0.25, -0.2) is 4.98 Å². The molecule has 0 bridgehead atoms. The number of aryl methyl sites for hydroxylation is 1. The van der Waals surface area contributed by atoms with Gasteiger partial charge in [-0.2, -0.15) is 4.68 Å². The lowest BCUT2D eigenvalue weighted by atomic mass is 10.1. The van der Waals surface area contributed by atoms with Gasteiger partial charge in [0.2, 0.25) is 0 Å². The minimum atomic E-state index is -0.299. The fourth-order valence-electron chi connectivity index (χ4n) is 3.05. The first kappa shape index (κ1) is 17.2. The summed E-state index contributed by atoms with van der Waals surface area (Å²) in [5.74, 6) is 0.499. The molecule has 0 unspecified atom stereocenters. The van der Waals surface area contributed by atoms with Crippen LogP contribution in [0.4, 0.5) is 0 Å². The number of carbonyl (C=O) groups is 1. The van der Waals surface area contributed by atoms with Crippen LogP contribution in [0.15, 0.2) is 48.8 Å². The summed E-state index contributed by atoms with van der Waals surface area (Å²) in [6.07, 6.45) is 1.41. The Hall–Kier alpha value is -3.26. The Labute approximate surface area is 159 Å². The predicted molar refractivity (Wildman–Crippen MR) is 101 cm³/mol. The van der Waals surface area contributed by atoms with Gasteiger partial charge in [0, 0.05) is 12.1 Å². The van der Waals surface area contributed by atoms with Crippen LogP contribution in [0.3, 0.4) is 0 Å². The average molecular weight is 382 g/mol. The molecule has 9 heteroatoms. The summed E-state index contributed by atoms with van der Waals surface area (Å²) < 4.78 is 3.38. The van der Waals surface area contributed by atoms with Crippen molar-refractivity contribution in [2.24, 2.45) is 7.05 Å². The summed E-state index contributed by atoms with van der Waals surface area (Å²) in [6, 6.07) is 12.5. The molecule has 2 heterocycles. The number of tetrazole rings is 1. The molecule has 1 amide bonds. The van der Waals surface area contributed by atoms with E-state index >= 15 is 0 Å². The molecule has 4 rings (SSSR count). The first-order valence-corrected chi connectivity index (χ1v) is 8.67. The first-order chi connectivity index (χ1) is 13.0. The number of fused-ring (bicyclic) bond motifs is 1. The fraction of sp³-hybridized carbons (Fsp3) is 0.167. The van der Waals surface area contributed by atoms with Gasteiger partial charge in [0.15, 0.2) is 0 Å². The van der Waals surface area contributed by atoms with E-state index in [-0.39, 0.29) is 11.9 Å². The van der Waals surface area contributed by atoms with Gasteiger partial charge in [-0.1, -0.05) is 23.7 Å². The molecule has 0 aliphatic rings. The molecule has 136 valence electrons. The number of nitrogens with one attached hydrogen (secondary N) is 1. The lowest BCUT2D eigenvalue weighted by Crippen LogP contribution is -2.29. The van der Waals surface area contributed by atoms with Crippen LogP contribution in [0, 0.1) is 0 Å². The quantitative estimate of drug-likeness (QED) is 0.587. The maximum absolute atomic E-state index is 12.9. The van der Waals surface area contributed by atoms with Crippen LogP contribution in [-0.2, 0) is 7.05 Å². The molecule has 0 spiro atoms. The molecule has 0 saturated carbocycles. The highest BCUT2D eigenvalue weighted by Crippen LogP contribution is 2.22. The molecule has 1 N–H and O–H groups in total. The summed E-state index contributed by atoms with van der Waals surface area (Å²) in [6.45, 7) is 1.89. The zero-order valence-corrected chi connectivity index (χ0v) is 15.4. The SMILES string of the molecule is C[C@H](NC(=O)c1ccc(Cl)cc1-n1cnnn1)c1nc2ccccc2n1C. The monoisotopic (exact) mass is 381 g/mol. The van der Waals surface area contributed by atoms with Crippen LogP contribution < -0.4 is 5.32 Å². The van der Waals surface area contributed by atoms with E-state index in [9.17, 15) is 4.79 Å². The molecule has 2 aromatic heterocycles. The summed E-state index contributed by atoms with van der Waals surface area (Å²) in [5.41, 5.74) is 2.81. The van der Waals surface area contributed by atoms with E-state index in [1.54, 1.807) is 18.2 Å². The van der Waals surface area contributed by atoms with Crippen LogP contribution in [0.25, 0.3) is 16.7 Å². The minimum Gasteiger partial charge on any atom is -0.342 e. The number of rotatable bonds is 4. The third-order valence-electron chi connectivity index (χ3n) is 4.36. The summed E-state index contributed by atoms with van der Waals surface area (Å²) in [7, 11) is 1.93. The largest absolute Gasteiger partial charge is 0.342 e. The molecule has 0 fully saturated rings. The lowest BCUT2D eigenvalue weighted by molar-refractivity contribution is 0.0937. The van der Waals surface area contributed by atoms with Crippen molar-refractivity contribution in [3.05, 3.63) is 65.2 Å². The van der Waals surface area contributed by atoms with E-state index in [1.807, 2.05) is 42.8 Å². The summed E-state index contributed by atoms with van der Waals surface area (Å²) in [4.78, 5) is 17.5. The molecule has 27 heavy (non-hydrogen) atoms. The smallest absolute Gasteiger partial charge is 0.254 e. The van der Waals surface area contributed by atoms with E-state index in [0.29, 0.717) is 16.3 Å². The topological polar surface area (TPSA) is 90.5 Å². The molecular formula is C18H16ClN7O. The zero-order chi connectivity index (χ0) is 19.0. The molecule has 1 atom stereocenters. The second kappa shape index (κ2) is 6.81. The number of hydrogen-bond acceptors (Lipinski definition) is 5. The summed E-state index contributed by atoms with van der Waals surface area (Å²) in [5, 5.41) is 14.6. The van der Waals surface area contributed by atoms with Crippen molar-refractivity contribution in [1.82, 2.24) is 35.1 Å². The molecule has 8 nitrogen and oxygen atoms in total. The van der Waals surface area contributed by atoms with Crippen LogP contribution >= 0.6 is 11.6 Å². The number of imidazole rings is 1. The predicted octanol–water partition coefficient (Wildman–Crippen LogP) is 2.69. The lowest BCUT2D eigenvalue weighted by Gasteiger charge is -2.15. The van der Waals surface area contributed by atoms with Gasteiger partial charge < -0.3 is 9.88 Å². The Morgan fingerprint density at radius 3 is 2.78 bits per heavy atom. The van der Waals surface area contributed by atoms with Crippen molar-refractivity contribution < 1.29 is 4.79 Å². The highest BCUT2D eigenvalue weighted by Gasteiger charge is 2.20. The van der Waals surface area contributed by atoms with Gasteiger partial charge in [0.1, 0.15) is 12.2 Å². The van der Waals surface area contributed by atoms with Crippen molar-refractivity contribution in [2.45, 2.75) is 13.0 Å². The summed E-state index contributed by atoms with van der Waals surface area (Å²) >= 11 is 6.08. The fourth-order valence-corrected chi connectivity index (χ4v) is 3.21. The highest BCUT2D eigenvalue weighted by atomic mass is 35.5. The number of benzene rings is 2. The second-order valence-electron chi connectivity index (χ2n) is 6.13. The zero-order valence-electron chi connectivity index (χ0n) is 14.7. The standard InChI is InChI=1S/C18H16ClN7O/c1-11(17-22-14-5-3-4-6-15(14)25(17)2)21-18(27)13-8-7-12(19)9-16(13)26-10-20-23-24-26/h3-11H,1-2H3,(H,21,27)/t11-/m0/s1. The van der Waals surface area contributed by atoms with Gasteiger partial charge in [0.05, 0.1) is 28.3 Å². The number of amides is 1. The number of para-hydroxylation sites is 2. The number of hydrogen-bond donors (Lipinski definition) is 1. The molecule has 4 aromatic rings. The van der Waals surface area contributed by atoms with Crippen molar-refractivity contribution in [3.8, 4) is 5.69 Å². The van der Waals surface area contributed by atoms with Crippen molar-refractivity contribution in [2.75, 3.05) is 0 Å². The van der Waals surface area contributed by atoms with E-state index in [2.05, 4.69) is 25.8 Å². The van der Waals surface area contributed by atoms with E-state index in [1.165, 1.54) is 11.0 Å². The van der Waals surface area contributed by atoms with Gasteiger partial charge >= 0.3 is 0 Å². The van der Waals surface area contributed by atoms with E-state index < -0.39 is 0 Å². The number of halogens is 1. The third kappa shape index (κ3) is 3.15. The van der Waals surface area contributed by atoms with Gasteiger partial charge in [-0.15, -0.1) is 5.10 Å². The van der Waals surface area contributed by atoms with E-state index in [0.717, 1.165) is 16.9 Å². The van der Waals surface area contributed by atoms with Crippen molar-refractivity contribution in [3.63, 3.8) is 0 Å². The Bertz CT molecular complexity index is 1120. The molecule has 0 aliphatic heterocycles. The van der Waals surface area contributed by atoms with Gasteiger partial charge in [-0.05, 0) is 47.7 Å². The van der Waals surface area contributed by atoms with Gasteiger partial charge in [0.25, 0.3) is 5.91 Å². The van der Waals surface area contributed by atoms with Crippen molar-refractivity contribution in [1.29, 1.82) is 0 Å². The number of nitrogens with zero attached hydrogens (tertiary/aromatic N) is 6. The third-order valence-corrected chi connectivity index (χ3v) is 4.59. The maximum atomic E-state index is 12.9. The molecule has 0 aliphatic carbocycles. The molecule has 2 aromatic carbocycles. The Kier molecular flexibility index (Phi) is 4.33. The Morgan fingerprint density at radius 2 is 2.04 bits per heavy atom. The van der Waals surface area contributed by atoms with Crippen LogP contribution in [0.1, 0.15) is 29.1 Å². The minimum absolute atomic E-state index is 0.267. The highest BCUT2D eigenvalue weighted by molar-refractivity contribution is 6.31. The maximum Gasteiger partial charge on any atom is 0.254 e. The van der Waals surface area contributed by atoms with Crippen LogP contribution in [0.5, 0.6) is 0 Å². The second-order valence-corrected chi connectivity index (χ2v) is 6.57.